The van der Waals surface area contributed by atoms with E-state index in [0.717, 1.165) is 28.0 Å². The molecule has 0 fully saturated rings. The van der Waals surface area contributed by atoms with Crippen LogP contribution in [0.2, 0.25) is 5.02 Å². The third-order valence-electron chi connectivity index (χ3n) is 4.08. The summed E-state index contributed by atoms with van der Waals surface area (Å²) in [5.41, 5.74) is 3.81. The van der Waals surface area contributed by atoms with Crippen LogP contribution in [0.15, 0.2) is 41.4 Å². The topological polar surface area (TPSA) is 37.6 Å². The highest BCUT2D eigenvalue weighted by molar-refractivity contribution is 7.16. The Morgan fingerprint density at radius 1 is 1.24 bits per heavy atom. The third kappa shape index (κ3) is 3.48. The lowest BCUT2D eigenvalue weighted by molar-refractivity contribution is 0.0998. The van der Waals surface area contributed by atoms with Crippen LogP contribution in [0.3, 0.4) is 0 Å². The molecule has 0 aliphatic heterocycles. The molecule has 0 saturated heterocycles. The fourth-order valence-corrected chi connectivity index (χ4v) is 4.35. The van der Waals surface area contributed by atoms with Gasteiger partial charge in [0, 0.05) is 36.9 Å². The van der Waals surface area contributed by atoms with Gasteiger partial charge in [-0.2, -0.15) is 4.99 Å². The lowest BCUT2D eigenvalue weighted by Crippen LogP contribution is -2.16. The number of anilines is 1. The van der Waals surface area contributed by atoms with E-state index < -0.39 is 0 Å². The number of carbonyl (C=O) groups excluding carboxylic acids is 1. The monoisotopic (exact) mass is 373 g/mol. The van der Waals surface area contributed by atoms with Gasteiger partial charge in [-0.25, -0.2) is 0 Å². The summed E-state index contributed by atoms with van der Waals surface area (Å²) >= 11 is 7.66. The van der Waals surface area contributed by atoms with Gasteiger partial charge >= 0.3 is 0 Å². The molecule has 0 radical (unpaired) electrons. The third-order valence-corrected chi connectivity index (χ3v) is 5.32. The van der Waals surface area contributed by atoms with Gasteiger partial charge in [0.15, 0.2) is 4.80 Å². The summed E-state index contributed by atoms with van der Waals surface area (Å²) in [7, 11) is 3.94. The number of hydrogen-bond donors (Lipinski definition) is 0. The number of fused-ring (bicyclic) bond motifs is 1. The van der Waals surface area contributed by atoms with E-state index in [1.54, 1.807) is 0 Å². The average Bonchev–Trinajstić information content (AvgIpc) is 2.91. The van der Waals surface area contributed by atoms with Crippen LogP contribution in [0.5, 0.6) is 0 Å². The highest BCUT2D eigenvalue weighted by Crippen LogP contribution is 2.25. The Balaban J connectivity index is 2.08. The minimum Gasteiger partial charge on any atom is -0.378 e. The number of aryl methyl sites for hydroxylation is 2. The van der Waals surface area contributed by atoms with Crippen LogP contribution in [0, 0.1) is 6.92 Å². The zero-order valence-corrected chi connectivity index (χ0v) is 16.3. The SMILES string of the molecule is CCn1c(=NC(=O)c2ccc(N(C)C)cc2)sc2cc(Cl)cc(C)c21. The maximum Gasteiger partial charge on any atom is 0.279 e. The first kappa shape index (κ1) is 17.7. The first-order valence-electron chi connectivity index (χ1n) is 8.06. The molecule has 0 unspecified atom stereocenters. The Kier molecular flexibility index (Phi) is 4.97. The molecule has 0 atom stereocenters. The maximum atomic E-state index is 12.6. The van der Waals surface area contributed by atoms with Crippen molar-refractivity contribution < 1.29 is 4.79 Å². The molecule has 0 spiro atoms. The van der Waals surface area contributed by atoms with Crippen LogP contribution in [-0.4, -0.2) is 24.6 Å². The minimum atomic E-state index is -0.234. The van der Waals surface area contributed by atoms with Crippen molar-refractivity contribution in [3.63, 3.8) is 0 Å². The van der Waals surface area contributed by atoms with Gasteiger partial charge in [0.05, 0.1) is 10.2 Å². The maximum absolute atomic E-state index is 12.6. The Hall–Kier alpha value is -2.11. The van der Waals surface area contributed by atoms with E-state index in [2.05, 4.69) is 16.5 Å². The van der Waals surface area contributed by atoms with E-state index in [4.69, 9.17) is 11.6 Å². The second-order valence-corrected chi connectivity index (χ2v) is 7.50. The summed E-state index contributed by atoms with van der Waals surface area (Å²) < 4.78 is 3.11. The molecule has 0 aliphatic carbocycles. The highest BCUT2D eigenvalue weighted by atomic mass is 35.5. The van der Waals surface area contributed by atoms with Crippen LogP contribution >= 0.6 is 22.9 Å². The molecule has 2 aromatic carbocycles. The van der Waals surface area contributed by atoms with Crippen LogP contribution in [-0.2, 0) is 6.54 Å². The van der Waals surface area contributed by atoms with Crippen molar-refractivity contribution >= 4 is 44.7 Å². The summed E-state index contributed by atoms with van der Waals surface area (Å²) in [6.07, 6.45) is 0. The molecule has 0 N–H and O–H groups in total. The summed E-state index contributed by atoms with van der Waals surface area (Å²) in [4.78, 5) is 19.6. The normalized spacial score (nSPS) is 12.0. The van der Waals surface area contributed by atoms with E-state index in [1.807, 2.05) is 62.3 Å². The molecule has 25 heavy (non-hydrogen) atoms. The molecular formula is C19H20ClN3OS. The van der Waals surface area contributed by atoms with Gasteiger partial charge in [0.1, 0.15) is 0 Å². The van der Waals surface area contributed by atoms with Crippen LogP contribution in [0.4, 0.5) is 5.69 Å². The Morgan fingerprint density at radius 2 is 1.92 bits per heavy atom. The molecule has 0 saturated carbocycles. The number of aromatic nitrogens is 1. The van der Waals surface area contributed by atoms with E-state index in [0.29, 0.717) is 15.4 Å². The van der Waals surface area contributed by atoms with Crippen molar-refractivity contribution in [3.05, 3.63) is 57.3 Å². The van der Waals surface area contributed by atoms with E-state index in [1.165, 1.54) is 11.3 Å². The predicted molar refractivity (Wildman–Crippen MR) is 106 cm³/mol. The molecule has 1 aromatic heterocycles. The lowest BCUT2D eigenvalue weighted by atomic mass is 10.2. The molecule has 3 aromatic rings. The number of amides is 1. The fraction of sp³-hybridized carbons (Fsp3) is 0.263. The standard InChI is InChI=1S/C19H20ClN3OS/c1-5-23-17-12(2)10-14(20)11-16(17)25-19(23)21-18(24)13-6-8-15(9-7-13)22(3)4/h6-11H,5H2,1-4H3. The molecule has 6 heteroatoms. The molecular weight excluding hydrogens is 354 g/mol. The summed E-state index contributed by atoms with van der Waals surface area (Å²) in [6, 6.07) is 11.3. The summed E-state index contributed by atoms with van der Waals surface area (Å²) in [5, 5.41) is 0.701. The smallest absolute Gasteiger partial charge is 0.279 e. The van der Waals surface area contributed by atoms with Gasteiger partial charge in [0.25, 0.3) is 5.91 Å². The predicted octanol–water partition coefficient (Wildman–Crippen LogP) is 4.49. The van der Waals surface area contributed by atoms with E-state index in [9.17, 15) is 4.79 Å². The summed E-state index contributed by atoms with van der Waals surface area (Å²) in [6.45, 7) is 4.82. The van der Waals surface area contributed by atoms with Gasteiger partial charge in [-0.05, 0) is 55.8 Å². The highest BCUT2D eigenvalue weighted by Gasteiger charge is 2.11. The number of benzene rings is 2. The Bertz CT molecular complexity index is 1000. The van der Waals surface area contributed by atoms with Crippen molar-refractivity contribution in [2.24, 2.45) is 4.99 Å². The zero-order chi connectivity index (χ0) is 18.1. The number of rotatable bonds is 3. The molecule has 0 bridgehead atoms. The number of carbonyl (C=O) groups is 1. The first-order valence-corrected chi connectivity index (χ1v) is 9.26. The molecule has 4 nitrogen and oxygen atoms in total. The van der Waals surface area contributed by atoms with Crippen molar-refractivity contribution in [2.45, 2.75) is 20.4 Å². The van der Waals surface area contributed by atoms with Crippen molar-refractivity contribution in [2.75, 3.05) is 19.0 Å². The molecule has 1 heterocycles. The van der Waals surface area contributed by atoms with E-state index >= 15 is 0 Å². The second-order valence-electron chi connectivity index (χ2n) is 6.06. The number of hydrogen-bond acceptors (Lipinski definition) is 3. The van der Waals surface area contributed by atoms with Crippen molar-refractivity contribution in [3.8, 4) is 0 Å². The zero-order valence-electron chi connectivity index (χ0n) is 14.7. The van der Waals surface area contributed by atoms with Gasteiger partial charge in [-0.15, -0.1) is 0 Å². The van der Waals surface area contributed by atoms with Crippen LogP contribution in [0.25, 0.3) is 10.2 Å². The number of thiazole rings is 1. The van der Waals surface area contributed by atoms with Gasteiger partial charge < -0.3 is 9.47 Å². The largest absolute Gasteiger partial charge is 0.378 e. The van der Waals surface area contributed by atoms with Gasteiger partial charge in [-0.3, -0.25) is 4.79 Å². The quantitative estimate of drug-likeness (QED) is 0.678. The Labute approximate surface area is 156 Å². The van der Waals surface area contributed by atoms with Gasteiger partial charge in [0.2, 0.25) is 0 Å². The molecule has 130 valence electrons. The minimum absolute atomic E-state index is 0.234. The number of halogens is 1. The molecule has 1 amide bonds. The van der Waals surface area contributed by atoms with Crippen molar-refractivity contribution in [1.82, 2.24) is 4.57 Å². The summed E-state index contributed by atoms with van der Waals surface area (Å²) in [5.74, 6) is -0.234. The van der Waals surface area contributed by atoms with Crippen LogP contribution in [0.1, 0.15) is 22.8 Å². The average molecular weight is 374 g/mol. The first-order chi connectivity index (χ1) is 11.9. The fourth-order valence-electron chi connectivity index (χ4n) is 2.81. The van der Waals surface area contributed by atoms with Crippen molar-refractivity contribution in [1.29, 1.82) is 0 Å². The number of nitrogens with zero attached hydrogens (tertiary/aromatic N) is 3. The van der Waals surface area contributed by atoms with Crippen LogP contribution < -0.4 is 9.70 Å². The Morgan fingerprint density at radius 3 is 2.52 bits per heavy atom. The lowest BCUT2D eigenvalue weighted by Gasteiger charge is -2.11. The van der Waals surface area contributed by atoms with Gasteiger partial charge in [-0.1, -0.05) is 22.9 Å². The second kappa shape index (κ2) is 7.02. The molecule has 3 rings (SSSR count). The van der Waals surface area contributed by atoms with E-state index in [-0.39, 0.29) is 5.91 Å². The molecule has 0 aliphatic rings.